The largest absolute Gasteiger partial charge is 0.493 e. The van der Waals surface area contributed by atoms with Crippen molar-refractivity contribution in [1.82, 2.24) is 0 Å². The fourth-order valence-corrected chi connectivity index (χ4v) is 4.04. The van der Waals surface area contributed by atoms with Gasteiger partial charge in [0.2, 0.25) is 0 Å². The SMILES string of the molecule is CCCCCCN(C1=CC(=O)CC1)c1ccc(OC)c(OC2CCCC2)c1. The van der Waals surface area contributed by atoms with Gasteiger partial charge in [0, 0.05) is 36.5 Å². The highest BCUT2D eigenvalue weighted by Crippen LogP contribution is 2.37. The highest BCUT2D eigenvalue weighted by atomic mass is 16.5. The number of allylic oxidation sites excluding steroid dienone is 2. The van der Waals surface area contributed by atoms with Crippen molar-refractivity contribution in [2.45, 2.75) is 77.2 Å². The average Bonchev–Trinajstić information content (AvgIpc) is 3.34. The third-order valence-electron chi connectivity index (χ3n) is 5.59. The average molecular weight is 372 g/mol. The summed E-state index contributed by atoms with van der Waals surface area (Å²) in [5, 5.41) is 0. The number of hydrogen-bond donors (Lipinski definition) is 0. The van der Waals surface area contributed by atoms with E-state index in [1.54, 1.807) is 7.11 Å². The van der Waals surface area contributed by atoms with E-state index in [0.29, 0.717) is 12.5 Å². The van der Waals surface area contributed by atoms with Gasteiger partial charge in [0.05, 0.1) is 13.2 Å². The topological polar surface area (TPSA) is 38.8 Å². The van der Waals surface area contributed by atoms with Crippen molar-refractivity contribution >= 4 is 11.5 Å². The highest BCUT2D eigenvalue weighted by Gasteiger charge is 2.22. The van der Waals surface area contributed by atoms with E-state index in [2.05, 4.69) is 24.0 Å². The molecule has 148 valence electrons. The highest BCUT2D eigenvalue weighted by molar-refractivity contribution is 5.93. The lowest BCUT2D eigenvalue weighted by atomic mass is 10.1. The Morgan fingerprint density at radius 2 is 1.89 bits per heavy atom. The third kappa shape index (κ3) is 5.27. The van der Waals surface area contributed by atoms with Crippen LogP contribution in [0.15, 0.2) is 30.0 Å². The van der Waals surface area contributed by atoms with Crippen molar-refractivity contribution < 1.29 is 14.3 Å². The molecule has 0 radical (unpaired) electrons. The van der Waals surface area contributed by atoms with Crippen LogP contribution in [0.3, 0.4) is 0 Å². The molecule has 0 bridgehead atoms. The number of methoxy groups -OCH3 is 1. The van der Waals surface area contributed by atoms with Crippen LogP contribution in [0.5, 0.6) is 11.5 Å². The van der Waals surface area contributed by atoms with Crippen LogP contribution in [0.1, 0.15) is 71.1 Å². The Kier molecular flexibility index (Phi) is 7.19. The van der Waals surface area contributed by atoms with Crippen LogP contribution in [-0.4, -0.2) is 25.5 Å². The fourth-order valence-electron chi connectivity index (χ4n) is 4.04. The van der Waals surface area contributed by atoms with Gasteiger partial charge in [0.25, 0.3) is 0 Å². The minimum Gasteiger partial charge on any atom is -0.493 e. The van der Waals surface area contributed by atoms with Gasteiger partial charge in [-0.1, -0.05) is 26.2 Å². The van der Waals surface area contributed by atoms with Gasteiger partial charge in [0.15, 0.2) is 17.3 Å². The van der Waals surface area contributed by atoms with Crippen molar-refractivity contribution in [3.05, 3.63) is 30.0 Å². The summed E-state index contributed by atoms with van der Waals surface area (Å²) in [6.45, 7) is 3.17. The van der Waals surface area contributed by atoms with E-state index in [-0.39, 0.29) is 5.78 Å². The quantitative estimate of drug-likeness (QED) is 0.498. The van der Waals surface area contributed by atoms with Gasteiger partial charge in [-0.15, -0.1) is 0 Å². The first-order chi connectivity index (χ1) is 13.2. The molecule has 0 amide bonds. The second kappa shape index (κ2) is 9.82. The number of ether oxygens (including phenoxy) is 2. The summed E-state index contributed by atoms with van der Waals surface area (Å²) in [5.41, 5.74) is 2.23. The molecule has 1 fully saturated rings. The molecule has 0 atom stereocenters. The summed E-state index contributed by atoms with van der Waals surface area (Å²) in [7, 11) is 1.69. The Hall–Kier alpha value is -1.97. The zero-order chi connectivity index (χ0) is 19.1. The number of anilines is 1. The fraction of sp³-hybridized carbons (Fsp3) is 0.609. The van der Waals surface area contributed by atoms with Crippen LogP contribution in [0.2, 0.25) is 0 Å². The van der Waals surface area contributed by atoms with Gasteiger partial charge >= 0.3 is 0 Å². The van der Waals surface area contributed by atoms with Crippen molar-refractivity contribution in [1.29, 1.82) is 0 Å². The molecule has 0 N–H and O–H groups in total. The Morgan fingerprint density at radius 1 is 1.07 bits per heavy atom. The second-order valence-corrected chi connectivity index (χ2v) is 7.67. The summed E-state index contributed by atoms with van der Waals surface area (Å²) in [6, 6.07) is 6.18. The molecule has 0 spiro atoms. The predicted molar refractivity (Wildman–Crippen MR) is 110 cm³/mol. The number of carbonyl (C=O) groups is 1. The number of hydrogen-bond acceptors (Lipinski definition) is 4. The van der Waals surface area contributed by atoms with Crippen LogP contribution in [0.4, 0.5) is 5.69 Å². The van der Waals surface area contributed by atoms with E-state index in [9.17, 15) is 4.79 Å². The molecule has 4 nitrogen and oxygen atoms in total. The van der Waals surface area contributed by atoms with Gasteiger partial charge in [-0.25, -0.2) is 0 Å². The Bertz CT molecular complexity index is 662. The predicted octanol–water partition coefficient (Wildman–Crippen LogP) is 5.65. The normalized spacial score (nSPS) is 17.3. The van der Waals surface area contributed by atoms with E-state index < -0.39 is 0 Å². The summed E-state index contributed by atoms with van der Waals surface area (Å²) >= 11 is 0. The van der Waals surface area contributed by atoms with Gasteiger partial charge in [-0.2, -0.15) is 0 Å². The maximum Gasteiger partial charge on any atom is 0.163 e. The zero-order valence-electron chi connectivity index (χ0n) is 16.8. The van der Waals surface area contributed by atoms with Crippen molar-refractivity contribution in [3.8, 4) is 11.5 Å². The van der Waals surface area contributed by atoms with Gasteiger partial charge in [-0.3, -0.25) is 4.79 Å². The first-order valence-electron chi connectivity index (χ1n) is 10.6. The van der Waals surface area contributed by atoms with Crippen LogP contribution >= 0.6 is 0 Å². The molecule has 4 heteroatoms. The minimum atomic E-state index is 0.236. The third-order valence-corrected chi connectivity index (χ3v) is 5.59. The molecule has 0 saturated heterocycles. The van der Waals surface area contributed by atoms with Crippen LogP contribution in [-0.2, 0) is 4.79 Å². The maximum absolute atomic E-state index is 11.8. The lowest BCUT2D eigenvalue weighted by Gasteiger charge is -2.27. The van der Waals surface area contributed by atoms with E-state index in [4.69, 9.17) is 9.47 Å². The number of benzene rings is 1. The molecule has 1 aromatic rings. The molecule has 2 aliphatic carbocycles. The standard InChI is InChI=1S/C23H33NO3/c1-3-4-5-8-15-24(18-11-13-20(25)16-18)19-12-14-22(26-2)23(17-19)27-21-9-6-7-10-21/h12,14,16-17,21H,3-11,13,15H2,1-2H3. The lowest BCUT2D eigenvalue weighted by molar-refractivity contribution is -0.114. The summed E-state index contributed by atoms with van der Waals surface area (Å²) in [4.78, 5) is 14.1. The Balaban J connectivity index is 1.81. The molecule has 0 heterocycles. The van der Waals surface area contributed by atoms with Gasteiger partial charge in [-0.05, 0) is 50.7 Å². The number of carbonyl (C=O) groups excluding carboxylic acids is 1. The summed E-state index contributed by atoms with van der Waals surface area (Å²) in [6.07, 6.45) is 13.1. The number of unbranched alkanes of at least 4 members (excludes halogenated alkanes) is 3. The zero-order valence-corrected chi connectivity index (χ0v) is 16.8. The minimum absolute atomic E-state index is 0.236. The first-order valence-corrected chi connectivity index (χ1v) is 10.6. The second-order valence-electron chi connectivity index (χ2n) is 7.67. The summed E-state index contributed by atoms with van der Waals surface area (Å²) < 4.78 is 11.8. The Labute approximate surface area is 163 Å². The lowest BCUT2D eigenvalue weighted by Crippen LogP contribution is -2.23. The van der Waals surface area contributed by atoms with Crippen molar-refractivity contribution in [2.75, 3.05) is 18.6 Å². The smallest absolute Gasteiger partial charge is 0.163 e. The van der Waals surface area contributed by atoms with E-state index in [1.165, 1.54) is 32.1 Å². The molecular weight excluding hydrogens is 338 g/mol. The maximum atomic E-state index is 11.8. The number of nitrogens with zero attached hydrogens (tertiary/aromatic N) is 1. The number of rotatable bonds is 10. The van der Waals surface area contributed by atoms with E-state index in [1.807, 2.05) is 12.1 Å². The van der Waals surface area contributed by atoms with Crippen molar-refractivity contribution in [3.63, 3.8) is 0 Å². The van der Waals surface area contributed by atoms with Gasteiger partial charge < -0.3 is 14.4 Å². The van der Waals surface area contributed by atoms with Crippen LogP contribution < -0.4 is 14.4 Å². The molecule has 27 heavy (non-hydrogen) atoms. The molecule has 0 aliphatic heterocycles. The Morgan fingerprint density at radius 3 is 2.56 bits per heavy atom. The van der Waals surface area contributed by atoms with E-state index >= 15 is 0 Å². The molecule has 3 rings (SSSR count). The van der Waals surface area contributed by atoms with Gasteiger partial charge in [0.1, 0.15) is 0 Å². The molecule has 1 saturated carbocycles. The molecule has 0 aromatic heterocycles. The first kappa shape index (κ1) is 19.8. The monoisotopic (exact) mass is 371 g/mol. The summed E-state index contributed by atoms with van der Waals surface area (Å²) in [5.74, 6) is 1.85. The van der Waals surface area contributed by atoms with Crippen LogP contribution in [0.25, 0.3) is 0 Å². The molecule has 1 aromatic carbocycles. The molecule has 0 unspecified atom stereocenters. The molecule has 2 aliphatic rings. The van der Waals surface area contributed by atoms with Crippen molar-refractivity contribution in [2.24, 2.45) is 0 Å². The van der Waals surface area contributed by atoms with Crippen LogP contribution in [0, 0.1) is 0 Å². The molecular formula is C23H33NO3. The number of ketones is 1. The van der Waals surface area contributed by atoms with E-state index in [0.717, 1.165) is 55.1 Å².